The van der Waals surface area contributed by atoms with E-state index in [1.54, 1.807) is 6.08 Å². The molecule has 1 rings (SSSR count). The van der Waals surface area contributed by atoms with E-state index in [0.717, 1.165) is 44.9 Å². The lowest BCUT2D eigenvalue weighted by atomic mass is 9.99. The summed E-state index contributed by atoms with van der Waals surface area (Å²) in [5, 5.41) is 63.2. The van der Waals surface area contributed by atoms with Gasteiger partial charge in [0.15, 0.2) is 6.29 Å². The zero-order chi connectivity index (χ0) is 48.0. The van der Waals surface area contributed by atoms with E-state index in [1.165, 1.54) is 205 Å². The third kappa shape index (κ3) is 36.6. The Kier molecular flexibility index (Phi) is 44.9. The second kappa shape index (κ2) is 47.3. The molecule has 3 unspecified atom stereocenters. The first-order valence-corrected chi connectivity index (χ1v) is 28.2. The predicted molar refractivity (Wildman–Crippen MR) is 273 cm³/mol. The molecule has 0 radical (unpaired) electrons. The molecule has 0 spiro atoms. The molecule has 66 heavy (non-hydrogen) atoms. The summed E-state index contributed by atoms with van der Waals surface area (Å²) in [6.07, 6.45) is 49.7. The molecule has 7 atom stereocenters. The summed E-state index contributed by atoms with van der Waals surface area (Å²) >= 11 is 0. The van der Waals surface area contributed by atoms with Crippen molar-refractivity contribution in [3.63, 3.8) is 0 Å². The van der Waals surface area contributed by atoms with Crippen LogP contribution in [-0.4, -0.2) is 99.2 Å². The van der Waals surface area contributed by atoms with Gasteiger partial charge in [0, 0.05) is 13.0 Å². The second-order valence-corrected chi connectivity index (χ2v) is 19.8. The minimum Gasteiger partial charge on any atom is -0.396 e. The molecule has 0 saturated carbocycles. The van der Waals surface area contributed by atoms with E-state index in [1.807, 2.05) is 6.08 Å². The lowest BCUT2D eigenvalue weighted by Crippen LogP contribution is -2.60. The molecule has 0 aromatic heterocycles. The highest BCUT2D eigenvalue weighted by atomic mass is 16.7. The van der Waals surface area contributed by atoms with Crippen molar-refractivity contribution < 1.29 is 44.9 Å². The van der Waals surface area contributed by atoms with Crippen LogP contribution in [0.4, 0.5) is 0 Å². The summed E-state index contributed by atoms with van der Waals surface area (Å²) in [7, 11) is 0. The van der Waals surface area contributed by atoms with Gasteiger partial charge in [0.2, 0.25) is 5.91 Å². The number of aliphatic hydroxyl groups excluding tert-OH is 6. The molecule has 1 fully saturated rings. The quantitative estimate of drug-likeness (QED) is 0.0232. The Bertz CT molecular complexity index is 1090. The number of amides is 1. The van der Waals surface area contributed by atoms with Crippen molar-refractivity contribution >= 4 is 5.91 Å². The van der Waals surface area contributed by atoms with E-state index in [4.69, 9.17) is 14.6 Å². The number of hydrogen-bond acceptors (Lipinski definition) is 9. The molecule has 1 aliphatic heterocycles. The van der Waals surface area contributed by atoms with Crippen LogP contribution in [-0.2, 0) is 14.3 Å². The number of allylic oxidation sites excluding steroid dienone is 3. The fourth-order valence-electron chi connectivity index (χ4n) is 9.07. The highest BCUT2D eigenvalue weighted by molar-refractivity contribution is 5.76. The molecular weight excluding hydrogens is 831 g/mol. The Morgan fingerprint density at radius 2 is 0.894 bits per heavy atom. The van der Waals surface area contributed by atoms with Crippen LogP contribution < -0.4 is 5.32 Å². The van der Waals surface area contributed by atoms with Crippen LogP contribution in [0.15, 0.2) is 24.3 Å². The van der Waals surface area contributed by atoms with Crippen LogP contribution in [0.1, 0.15) is 264 Å². The largest absolute Gasteiger partial charge is 0.396 e. The first-order valence-electron chi connectivity index (χ1n) is 28.2. The molecular formula is C56H107NO9. The van der Waals surface area contributed by atoms with E-state index in [0.29, 0.717) is 13.0 Å². The number of unbranched alkanes of at least 4 members (excludes halogenated alkanes) is 36. The van der Waals surface area contributed by atoms with Crippen molar-refractivity contribution in [2.75, 3.05) is 19.8 Å². The average Bonchev–Trinajstić information content (AvgIpc) is 3.32. The number of carbonyl (C=O) groups excluding carboxylic acids is 1. The Morgan fingerprint density at radius 3 is 1.30 bits per heavy atom. The Hall–Kier alpha value is -1.37. The number of hydrogen-bond donors (Lipinski definition) is 7. The van der Waals surface area contributed by atoms with Gasteiger partial charge < -0.3 is 45.4 Å². The summed E-state index contributed by atoms with van der Waals surface area (Å²) in [5.74, 6) is -0.176. The van der Waals surface area contributed by atoms with Gasteiger partial charge in [-0.15, -0.1) is 0 Å². The van der Waals surface area contributed by atoms with Crippen molar-refractivity contribution in [1.82, 2.24) is 5.32 Å². The van der Waals surface area contributed by atoms with Gasteiger partial charge in [-0.05, 0) is 51.4 Å². The van der Waals surface area contributed by atoms with Crippen LogP contribution in [0.25, 0.3) is 0 Å². The summed E-state index contributed by atoms with van der Waals surface area (Å²) in [6, 6.07) is -0.804. The van der Waals surface area contributed by atoms with Gasteiger partial charge in [-0.2, -0.15) is 0 Å². The van der Waals surface area contributed by atoms with Crippen molar-refractivity contribution in [2.45, 2.75) is 307 Å². The van der Waals surface area contributed by atoms with Crippen LogP contribution in [0.5, 0.6) is 0 Å². The van der Waals surface area contributed by atoms with Gasteiger partial charge in [0.05, 0.1) is 25.4 Å². The van der Waals surface area contributed by atoms with E-state index in [-0.39, 0.29) is 12.5 Å². The zero-order valence-corrected chi connectivity index (χ0v) is 42.7. The zero-order valence-electron chi connectivity index (χ0n) is 42.7. The first kappa shape index (κ1) is 62.6. The Balaban J connectivity index is 2.13. The topological polar surface area (TPSA) is 169 Å². The molecule has 1 aliphatic rings. The first-order chi connectivity index (χ1) is 32.3. The maximum atomic E-state index is 13.0. The molecule has 390 valence electrons. The monoisotopic (exact) mass is 938 g/mol. The minimum absolute atomic E-state index is 0.176. The molecule has 1 amide bonds. The molecule has 1 saturated heterocycles. The Morgan fingerprint density at radius 1 is 0.515 bits per heavy atom. The lowest BCUT2D eigenvalue weighted by molar-refractivity contribution is -0.302. The summed E-state index contributed by atoms with van der Waals surface area (Å²) in [5.41, 5.74) is 0. The molecule has 10 nitrogen and oxygen atoms in total. The molecule has 0 bridgehead atoms. The van der Waals surface area contributed by atoms with Crippen LogP contribution in [0, 0.1) is 0 Å². The minimum atomic E-state index is -1.57. The highest BCUT2D eigenvalue weighted by Crippen LogP contribution is 2.23. The molecule has 7 N–H and O–H groups in total. The summed E-state index contributed by atoms with van der Waals surface area (Å²) < 4.78 is 11.2. The number of ether oxygens (including phenoxy) is 2. The Labute approximate surface area is 405 Å². The van der Waals surface area contributed by atoms with Gasteiger partial charge in [0.25, 0.3) is 0 Å². The van der Waals surface area contributed by atoms with E-state index >= 15 is 0 Å². The van der Waals surface area contributed by atoms with Gasteiger partial charge in [-0.25, -0.2) is 0 Å². The van der Waals surface area contributed by atoms with Crippen molar-refractivity contribution in [1.29, 1.82) is 0 Å². The SMILES string of the molecule is CCCCCCCCCCCCCC=CC(O)C(COC1O[C@H](CO)[C@@H](O)[C@H](O)[C@H]1O)NC(=O)CCCCCCCCCCCCCCCCCCCCC/C=C\CCCCCCCCO. The van der Waals surface area contributed by atoms with Crippen LogP contribution >= 0.6 is 0 Å². The van der Waals surface area contributed by atoms with Gasteiger partial charge in [-0.3, -0.25) is 4.79 Å². The smallest absolute Gasteiger partial charge is 0.220 e. The van der Waals surface area contributed by atoms with Crippen LogP contribution in [0.2, 0.25) is 0 Å². The predicted octanol–water partition coefficient (Wildman–Crippen LogP) is 12.4. The van der Waals surface area contributed by atoms with E-state index < -0.39 is 49.5 Å². The highest BCUT2D eigenvalue weighted by Gasteiger charge is 2.44. The molecule has 10 heteroatoms. The maximum Gasteiger partial charge on any atom is 0.220 e. The van der Waals surface area contributed by atoms with Gasteiger partial charge in [-0.1, -0.05) is 230 Å². The molecule has 0 aromatic carbocycles. The molecule has 0 aliphatic carbocycles. The summed E-state index contributed by atoms with van der Waals surface area (Å²) in [4.78, 5) is 13.0. The number of nitrogens with one attached hydrogen (secondary N) is 1. The average molecular weight is 938 g/mol. The van der Waals surface area contributed by atoms with Crippen LogP contribution in [0.3, 0.4) is 0 Å². The molecule has 1 heterocycles. The third-order valence-corrected chi connectivity index (χ3v) is 13.6. The number of aliphatic hydroxyl groups is 6. The number of carbonyl (C=O) groups is 1. The summed E-state index contributed by atoms with van der Waals surface area (Å²) in [6.45, 7) is 1.84. The normalized spacial score (nSPS) is 19.9. The number of rotatable bonds is 49. The van der Waals surface area contributed by atoms with Crippen molar-refractivity contribution in [3.05, 3.63) is 24.3 Å². The van der Waals surface area contributed by atoms with Gasteiger partial charge in [0.1, 0.15) is 24.4 Å². The fraction of sp³-hybridized carbons (Fsp3) is 0.911. The fourth-order valence-corrected chi connectivity index (χ4v) is 9.07. The van der Waals surface area contributed by atoms with E-state index in [9.17, 15) is 30.3 Å². The molecule has 0 aromatic rings. The standard InChI is InChI=1S/C56H107NO9/c1-2-3-4-5-6-7-8-26-29-32-35-38-41-44-50(60)49(48-65-56-55(64)54(63)53(62)51(47-59)66-56)57-52(61)45-42-39-36-33-30-27-24-22-20-18-16-14-12-10-9-11-13-15-17-19-21-23-25-28-31-34-37-40-43-46-58/h21,23,41,44,49-51,53-56,58-60,62-64H,2-20,22,24-40,42-43,45-48H2,1H3,(H,57,61)/b23-21-,44-41?/t49?,50?,51-,53-,54+,55-,56?/m1/s1. The maximum absolute atomic E-state index is 13.0. The van der Waals surface area contributed by atoms with E-state index in [2.05, 4.69) is 24.4 Å². The van der Waals surface area contributed by atoms with Crippen molar-refractivity contribution in [2.24, 2.45) is 0 Å². The van der Waals surface area contributed by atoms with Crippen molar-refractivity contribution in [3.8, 4) is 0 Å². The second-order valence-electron chi connectivity index (χ2n) is 19.8. The third-order valence-electron chi connectivity index (χ3n) is 13.6. The lowest BCUT2D eigenvalue weighted by Gasteiger charge is -2.40. The van der Waals surface area contributed by atoms with Gasteiger partial charge >= 0.3 is 0 Å².